The van der Waals surface area contributed by atoms with Crippen molar-refractivity contribution < 1.29 is 9.59 Å². The fourth-order valence-electron chi connectivity index (χ4n) is 3.73. The molecule has 1 aromatic carbocycles. The Kier molecular flexibility index (Phi) is 6.32. The number of carbonyl (C=O) groups excluding carboxylic acids is 2. The summed E-state index contributed by atoms with van der Waals surface area (Å²) in [4.78, 5) is 30.8. The average Bonchev–Trinajstić information content (AvgIpc) is 3.19. The minimum absolute atomic E-state index is 0.0304. The van der Waals surface area contributed by atoms with Crippen LogP contribution in [0.2, 0.25) is 0 Å². The molecule has 0 N–H and O–H groups in total. The van der Waals surface area contributed by atoms with Gasteiger partial charge in [-0.1, -0.05) is 44.2 Å². The Morgan fingerprint density at radius 2 is 1.96 bits per heavy atom. The van der Waals surface area contributed by atoms with Gasteiger partial charge in [-0.05, 0) is 42.3 Å². The van der Waals surface area contributed by atoms with Crippen molar-refractivity contribution >= 4 is 23.2 Å². The summed E-state index contributed by atoms with van der Waals surface area (Å²) in [6.45, 7) is 6.78. The highest BCUT2D eigenvalue weighted by Crippen LogP contribution is 2.37. The maximum atomic E-state index is 13.3. The predicted molar refractivity (Wildman–Crippen MR) is 110 cm³/mol. The van der Waals surface area contributed by atoms with Gasteiger partial charge in [-0.15, -0.1) is 11.3 Å². The monoisotopic (exact) mass is 384 g/mol. The third-order valence-corrected chi connectivity index (χ3v) is 6.45. The largest absolute Gasteiger partial charge is 0.331 e. The van der Waals surface area contributed by atoms with Crippen LogP contribution in [0.15, 0.2) is 41.8 Å². The van der Waals surface area contributed by atoms with Crippen LogP contribution in [0, 0.1) is 0 Å². The lowest BCUT2D eigenvalue weighted by Gasteiger charge is -2.38. The summed E-state index contributed by atoms with van der Waals surface area (Å²) >= 11 is 1.77. The van der Waals surface area contributed by atoms with Crippen LogP contribution < -0.4 is 0 Å². The molecule has 0 saturated heterocycles. The second-order valence-electron chi connectivity index (χ2n) is 7.08. The van der Waals surface area contributed by atoms with Gasteiger partial charge in [0.15, 0.2) is 0 Å². The molecule has 0 saturated carbocycles. The molecule has 5 heteroatoms. The summed E-state index contributed by atoms with van der Waals surface area (Å²) in [5.41, 5.74) is 2.35. The highest BCUT2D eigenvalue weighted by molar-refractivity contribution is 7.10. The molecule has 1 aliphatic rings. The lowest BCUT2D eigenvalue weighted by atomic mass is 9.93. The molecule has 1 aliphatic heterocycles. The molecule has 1 aromatic heterocycles. The number of carbonyl (C=O) groups is 2. The normalized spacial score (nSPS) is 17.3. The number of hydrogen-bond donors (Lipinski definition) is 0. The van der Waals surface area contributed by atoms with Crippen LogP contribution in [0.25, 0.3) is 0 Å². The number of nitrogens with zero attached hydrogens (tertiary/aromatic N) is 2. The lowest BCUT2D eigenvalue weighted by Crippen LogP contribution is -2.49. The molecule has 0 unspecified atom stereocenters. The topological polar surface area (TPSA) is 40.6 Å². The summed E-state index contributed by atoms with van der Waals surface area (Å²) in [6.07, 6.45) is 2.15. The first-order valence-electron chi connectivity index (χ1n) is 9.76. The Balaban J connectivity index is 1.89. The van der Waals surface area contributed by atoms with Crippen LogP contribution >= 0.6 is 11.3 Å². The van der Waals surface area contributed by atoms with E-state index in [1.165, 1.54) is 10.4 Å². The van der Waals surface area contributed by atoms with Gasteiger partial charge in [-0.2, -0.15) is 0 Å². The van der Waals surface area contributed by atoms with Crippen LogP contribution in [0.4, 0.5) is 0 Å². The van der Waals surface area contributed by atoms with E-state index in [2.05, 4.69) is 30.5 Å². The first-order chi connectivity index (χ1) is 13.1. The summed E-state index contributed by atoms with van der Waals surface area (Å²) in [6, 6.07) is 12.3. The Bertz CT molecular complexity index is 787. The van der Waals surface area contributed by atoms with Crippen molar-refractivity contribution in [2.45, 2.75) is 52.1 Å². The Morgan fingerprint density at radius 1 is 1.22 bits per heavy atom. The molecule has 0 aliphatic carbocycles. The molecule has 2 aromatic rings. The van der Waals surface area contributed by atoms with Gasteiger partial charge >= 0.3 is 0 Å². The molecule has 2 amide bonds. The summed E-state index contributed by atoms with van der Waals surface area (Å²) in [5.74, 6) is 0.0741. The van der Waals surface area contributed by atoms with E-state index in [1.807, 2.05) is 36.9 Å². The van der Waals surface area contributed by atoms with E-state index in [0.29, 0.717) is 13.0 Å². The van der Waals surface area contributed by atoms with Crippen molar-refractivity contribution in [3.8, 4) is 0 Å². The fraction of sp³-hybridized carbons (Fsp3) is 0.455. The number of rotatable bonds is 6. The van der Waals surface area contributed by atoms with Gasteiger partial charge in [0, 0.05) is 23.9 Å². The Labute approximate surface area is 165 Å². The van der Waals surface area contributed by atoms with Gasteiger partial charge in [0.05, 0.1) is 6.04 Å². The van der Waals surface area contributed by atoms with Crippen LogP contribution in [0.1, 0.15) is 55.7 Å². The Morgan fingerprint density at radius 3 is 2.63 bits per heavy atom. The van der Waals surface area contributed by atoms with E-state index in [4.69, 9.17) is 0 Å². The molecule has 2 atom stereocenters. The number of thiophene rings is 1. The second-order valence-corrected chi connectivity index (χ2v) is 8.08. The van der Waals surface area contributed by atoms with Crippen LogP contribution in [-0.2, 0) is 16.0 Å². The molecule has 2 heterocycles. The number of fused-ring (bicyclic) bond motifs is 1. The van der Waals surface area contributed by atoms with Crippen molar-refractivity contribution in [2.24, 2.45) is 0 Å². The first kappa shape index (κ1) is 19.6. The van der Waals surface area contributed by atoms with Crippen LogP contribution in [-0.4, -0.2) is 40.7 Å². The maximum Gasteiger partial charge on any atom is 0.243 e. The van der Waals surface area contributed by atoms with Crippen molar-refractivity contribution in [3.05, 3.63) is 57.8 Å². The molecule has 0 radical (unpaired) electrons. The van der Waals surface area contributed by atoms with Gasteiger partial charge in [-0.25, -0.2) is 0 Å². The van der Waals surface area contributed by atoms with Crippen molar-refractivity contribution in [1.29, 1.82) is 0 Å². The van der Waals surface area contributed by atoms with Crippen LogP contribution in [0.3, 0.4) is 0 Å². The smallest absolute Gasteiger partial charge is 0.243 e. The molecule has 27 heavy (non-hydrogen) atoms. The third-order valence-electron chi connectivity index (χ3n) is 5.45. The molecule has 3 rings (SSSR count). The fourth-order valence-corrected chi connectivity index (χ4v) is 4.63. The standard InChI is InChI=1S/C22H28N2O2S/c1-4-16(3)24(20(25)5-2)15-21(26)23-13-11-19-18(12-14-27-19)22(23)17-9-7-6-8-10-17/h6-10,12,14,16,22H,4-5,11,13,15H2,1-3H3/t16-,22+/m1/s1. The predicted octanol–water partition coefficient (Wildman–Crippen LogP) is 4.26. The minimum atomic E-state index is -0.0655. The van der Waals surface area contributed by atoms with E-state index < -0.39 is 0 Å². The molecule has 0 bridgehead atoms. The molecule has 144 valence electrons. The van der Waals surface area contributed by atoms with Crippen molar-refractivity contribution in [3.63, 3.8) is 0 Å². The molecule has 0 fully saturated rings. The number of hydrogen-bond acceptors (Lipinski definition) is 3. The SMILES string of the molecule is CCC(=O)N(CC(=O)N1CCc2sccc2[C@@H]1c1ccccc1)[C@H](C)CC. The first-order valence-corrected chi connectivity index (χ1v) is 10.6. The summed E-state index contributed by atoms with van der Waals surface area (Å²) in [7, 11) is 0. The van der Waals surface area contributed by atoms with E-state index in [0.717, 1.165) is 18.4 Å². The zero-order valence-electron chi connectivity index (χ0n) is 16.4. The summed E-state index contributed by atoms with van der Waals surface area (Å²) in [5, 5.41) is 2.11. The quantitative estimate of drug-likeness (QED) is 0.747. The van der Waals surface area contributed by atoms with Gasteiger partial charge in [0.1, 0.15) is 6.54 Å². The van der Waals surface area contributed by atoms with Gasteiger partial charge in [-0.3, -0.25) is 9.59 Å². The third kappa shape index (κ3) is 4.08. The van der Waals surface area contributed by atoms with Gasteiger partial charge in [0.25, 0.3) is 0 Å². The Hall–Kier alpha value is -2.14. The summed E-state index contributed by atoms with van der Waals surface area (Å²) < 4.78 is 0. The number of benzene rings is 1. The van der Waals surface area contributed by atoms with E-state index in [9.17, 15) is 9.59 Å². The van der Waals surface area contributed by atoms with Crippen molar-refractivity contribution in [2.75, 3.05) is 13.1 Å². The highest BCUT2D eigenvalue weighted by atomic mass is 32.1. The van der Waals surface area contributed by atoms with Gasteiger partial charge < -0.3 is 9.80 Å². The minimum Gasteiger partial charge on any atom is -0.331 e. The van der Waals surface area contributed by atoms with E-state index in [-0.39, 0.29) is 30.4 Å². The van der Waals surface area contributed by atoms with Gasteiger partial charge in [0.2, 0.25) is 11.8 Å². The average molecular weight is 385 g/mol. The van der Waals surface area contributed by atoms with E-state index >= 15 is 0 Å². The molecule has 4 nitrogen and oxygen atoms in total. The second kappa shape index (κ2) is 8.70. The zero-order chi connectivity index (χ0) is 19.4. The maximum absolute atomic E-state index is 13.3. The van der Waals surface area contributed by atoms with Crippen molar-refractivity contribution in [1.82, 2.24) is 9.80 Å². The van der Waals surface area contributed by atoms with E-state index in [1.54, 1.807) is 16.2 Å². The zero-order valence-corrected chi connectivity index (χ0v) is 17.2. The lowest BCUT2D eigenvalue weighted by molar-refractivity contribution is -0.143. The molecule has 0 spiro atoms. The molecular weight excluding hydrogens is 356 g/mol. The van der Waals surface area contributed by atoms with Crippen LogP contribution in [0.5, 0.6) is 0 Å². The number of amides is 2. The molecular formula is C22H28N2O2S. The highest BCUT2D eigenvalue weighted by Gasteiger charge is 2.34.